The summed E-state index contributed by atoms with van der Waals surface area (Å²) in [5.74, 6) is 1.19. The number of anilines is 1. The van der Waals surface area contributed by atoms with E-state index in [0.717, 1.165) is 54.8 Å². The smallest absolute Gasteiger partial charge is 0.239 e. The van der Waals surface area contributed by atoms with Crippen LogP contribution in [-0.4, -0.2) is 74.7 Å². The molecule has 0 unspecified atom stereocenters. The summed E-state index contributed by atoms with van der Waals surface area (Å²) in [7, 11) is 1.89. The SMILES string of the molecule is CC(C)CN1CCN(CC(=O)Nc2cc3cc(-c4cnn(C)c4)cnc3cn2)CC1. The molecule has 0 aromatic carbocycles. The fraction of sp³-hybridized carbons (Fsp3) is 0.455. The lowest BCUT2D eigenvalue weighted by Crippen LogP contribution is -2.49. The van der Waals surface area contributed by atoms with Gasteiger partial charge in [-0.25, -0.2) is 4.98 Å². The molecule has 1 amide bonds. The van der Waals surface area contributed by atoms with E-state index in [1.54, 1.807) is 10.9 Å². The van der Waals surface area contributed by atoms with Crippen LogP contribution in [0.15, 0.2) is 36.9 Å². The minimum atomic E-state index is -0.0319. The van der Waals surface area contributed by atoms with Crippen molar-refractivity contribution in [2.24, 2.45) is 13.0 Å². The number of nitrogens with one attached hydrogen (secondary N) is 1. The van der Waals surface area contributed by atoms with E-state index in [4.69, 9.17) is 0 Å². The van der Waals surface area contributed by atoms with Gasteiger partial charge in [0.2, 0.25) is 5.91 Å². The maximum Gasteiger partial charge on any atom is 0.239 e. The number of piperazine rings is 1. The predicted molar refractivity (Wildman–Crippen MR) is 118 cm³/mol. The summed E-state index contributed by atoms with van der Waals surface area (Å²) in [4.78, 5) is 26.0. The molecule has 30 heavy (non-hydrogen) atoms. The van der Waals surface area contributed by atoms with Crippen molar-refractivity contribution in [3.8, 4) is 11.1 Å². The van der Waals surface area contributed by atoms with E-state index >= 15 is 0 Å². The number of carbonyl (C=O) groups is 1. The van der Waals surface area contributed by atoms with Crippen LogP contribution in [0.2, 0.25) is 0 Å². The van der Waals surface area contributed by atoms with Crippen LogP contribution >= 0.6 is 0 Å². The van der Waals surface area contributed by atoms with Gasteiger partial charge in [-0.2, -0.15) is 5.10 Å². The Hall–Kier alpha value is -2.84. The van der Waals surface area contributed by atoms with E-state index in [9.17, 15) is 4.79 Å². The van der Waals surface area contributed by atoms with Crippen LogP contribution in [0, 0.1) is 5.92 Å². The van der Waals surface area contributed by atoms with Crippen LogP contribution < -0.4 is 5.32 Å². The molecule has 0 aliphatic carbocycles. The van der Waals surface area contributed by atoms with Crippen LogP contribution in [0.1, 0.15) is 13.8 Å². The second-order valence-electron chi connectivity index (χ2n) is 8.41. The number of rotatable bonds is 6. The van der Waals surface area contributed by atoms with Gasteiger partial charge >= 0.3 is 0 Å². The van der Waals surface area contributed by atoms with E-state index in [2.05, 4.69) is 44.0 Å². The molecule has 8 nitrogen and oxygen atoms in total. The molecule has 158 valence electrons. The van der Waals surface area contributed by atoms with Crippen molar-refractivity contribution in [2.75, 3.05) is 44.6 Å². The minimum Gasteiger partial charge on any atom is -0.310 e. The Labute approximate surface area is 176 Å². The molecule has 3 aromatic heterocycles. The van der Waals surface area contributed by atoms with Gasteiger partial charge < -0.3 is 10.2 Å². The topological polar surface area (TPSA) is 79.2 Å². The summed E-state index contributed by atoms with van der Waals surface area (Å²) >= 11 is 0. The first kappa shape index (κ1) is 20.4. The fourth-order valence-corrected chi connectivity index (χ4v) is 3.86. The van der Waals surface area contributed by atoms with Crippen molar-refractivity contribution >= 4 is 22.6 Å². The van der Waals surface area contributed by atoms with Crippen LogP contribution in [0.4, 0.5) is 5.82 Å². The zero-order valence-electron chi connectivity index (χ0n) is 17.9. The second kappa shape index (κ2) is 8.89. The Bertz CT molecular complexity index is 1020. The monoisotopic (exact) mass is 407 g/mol. The first-order valence-electron chi connectivity index (χ1n) is 10.5. The third kappa shape index (κ3) is 5.01. The first-order chi connectivity index (χ1) is 14.5. The summed E-state index contributed by atoms with van der Waals surface area (Å²) in [6.07, 6.45) is 7.28. The van der Waals surface area contributed by atoms with Crippen molar-refractivity contribution in [2.45, 2.75) is 13.8 Å². The molecule has 1 aliphatic rings. The lowest BCUT2D eigenvalue weighted by molar-refractivity contribution is -0.117. The molecule has 1 saturated heterocycles. The normalized spacial score (nSPS) is 15.7. The Morgan fingerprint density at radius 3 is 2.50 bits per heavy atom. The summed E-state index contributed by atoms with van der Waals surface area (Å²) in [5, 5.41) is 8.09. The zero-order valence-corrected chi connectivity index (χ0v) is 17.9. The molecule has 0 spiro atoms. The van der Waals surface area contributed by atoms with E-state index < -0.39 is 0 Å². The Morgan fingerprint density at radius 2 is 1.80 bits per heavy atom. The quantitative estimate of drug-likeness (QED) is 0.675. The van der Waals surface area contributed by atoms with Crippen molar-refractivity contribution < 1.29 is 4.79 Å². The zero-order chi connectivity index (χ0) is 21.1. The molecule has 0 bridgehead atoms. The maximum atomic E-state index is 12.5. The molecule has 0 radical (unpaired) electrons. The summed E-state index contributed by atoms with van der Waals surface area (Å²) in [5.41, 5.74) is 2.78. The maximum absolute atomic E-state index is 12.5. The van der Waals surface area contributed by atoms with E-state index in [1.165, 1.54) is 0 Å². The molecule has 4 heterocycles. The van der Waals surface area contributed by atoms with Crippen LogP contribution in [-0.2, 0) is 11.8 Å². The van der Waals surface area contributed by atoms with Crippen LogP contribution in [0.5, 0.6) is 0 Å². The van der Waals surface area contributed by atoms with E-state index in [-0.39, 0.29) is 5.91 Å². The molecule has 0 saturated carbocycles. The Morgan fingerprint density at radius 1 is 1.03 bits per heavy atom. The van der Waals surface area contributed by atoms with Crippen LogP contribution in [0.3, 0.4) is 0 Å². The van der Waals surface area contributed by atoms with Gasteiger partial charge in [0.05, 0.1) is 24.5 Å². The Kier molecular flexibility index (Phi) is 6.06. The third-order valence-electron chi connectivity index (χ3n) is 5.33. The van der Waals surface area contributed by atoms with Crippen molar-refractivity contribution in [3.63, 3.8) is 0 Å². The molecule has 8 heteroatoms. The highest BCUT2D eigenvalue weighted by atomic mass is 16.2. The molecular weight excluding hydrogens is 378 g/mol. The average molecular weight is 408 g/mol. The molecule has 4 rings (SSSR count). The number of carbonyl (C=O) groups excluding carboxylic acids is 1. The van der Waals surface area contributed by atoms with E-state index in [1.807, 2.05) is 37.8 Å². The molecule has 1 aliphatic heterocycles. The van der Waals surface area contributed by atoms with Gasteiger partial charge in [0.25, 0.3) is 0 Å². The largest absolute Gasteiger partial charge is 0.310 e. The number of hydrogen-bond donors (Lipinski definition) is 1. The highest BCUT2D eigenvalue weighted by molar-refractivity contribution is 5.93. The predicted octanol–water partition coefficient (Wildman–Crippen LogP) is 2.24. The van der Waals surface area contributed by atoms with Crippen molar-refractivity contribution in [3.05, 3.63) is 36.9 Å². The van der Waals surface area contributed by atoms with Gasteiger partial charge in [-0.1, -0.05) is 13.8 Å². The number of pyridine rings is 2. The molecular formula is C22H29N7O. The van der Waals surface area contributed by atoms with Gasteiger partial charge in [-0.05, 0) is 18.1 Å². The summed E-state index contributed by atoms with van der Waals surface area (Å²) in [6, 6.07) is 3.92. The lowest BCUT2D eigenvalue weighted by Gasteiger charge is -2.35. The average Bonchev–Trinajstić information content (AvgIpc) is 3.15. The molecule has 1 fully saturated rings. The number of aryl methyl sites for hydroxylation is 1. The van der Waals surface area contributed by atoms with Crippen molar-refractivity contribution in [1.82, 2.24) is 29.5 Å². The van der Waals surface area contributed by atoms with Gasteiger partial charge in [0.1, 0.15) is 5.82 Å². The second-order valence-corrected chi connectivity index (χ2v) is 8.41. The fourth-order valence-electron chi connectivity index (χ4n) is 3.86. The molecule has 0 atom stereocenters. The van der Waals surface area contributed by atoms with Gasteiger partial charge in [-0.3, -0.25) is 19.4 Å². The number of fused-ring (bicyclic) bond motifs is 1. The van der Waals surface area contributed by atoms with Gasteiger partial charge in [0, 0.05) is 68.7 Å². The molecule has 3 aromatic rings. The number of nitrogens with zero attached hydrogens (tertiary/aromatic N) is 6. The summed E-state index contributed by atoms with van der Waals surface area (Å²) in [6.45, 7) is 9.87. The van der Waals surface area contributed by atoms with Crippen molar-refractivity contribution in [1.29, 1.82) is 0 Å². The summed E-state index contributed by atoms with van der Waals surface area (Å²) < 4.78 is 1.76. The highest BCUT2D eigenvalue weighted by Crippen LogP contribution is 2.23. The lowest BCUT2D eigenvalue weighted by atomic mass is 10.1. The van der Waals surface area contributed by atoms with Crippen LogP contribution in [0.25, 0.3) is 22.0 Å². The number of amides is 1. The third-order valence-corrected chi connectivity index (χ3v) is 5.33. The number of hydrogen-bond acceptors (Lipinski definition) is 6. The van der Waals surface area contributed by atoms with E-state index in [0.29, 0.717) is 18.3 Å². The highest BCUT2D eigenvalue weighted by Gasteiger charge is 2.19. The first-order valence-corrected chi connectivity index (χ1v) is 10.5. The number of aromatic nitrogens is 4. The van der Waals surface area contributed by atoms with Gasteiger partial charge in [-0.15, -0.1) is 0 Å². The standard InChI is InChI=1S/C22H29N7O/c1-16(2)13-28-4-6-29(7-5-28)15-22(30)26-21-9-17-8-18(10-23-20(17)12-24-21)19-11-25-27(3)14-19/h8-12,14,16H,4-7,13,15H2,1-3H3,(H,24,26,30). The minimum absolute atomic E-state index is 0.0319. The Balaban J connectivity index is 1.38. The van der Waals surface area contributed by atoms with Gasteiger partial charge in [0.15, 0.2) is 0 Å². The molecule has 1 N–H and O–H groups in total.